The zero-order valence-corrected chi connectivity index (χ0v) is 6.56. The summed E-state index contributed by atoms with van der Waals surface area (Å²) in [4.78, 5) is 7.92. The molecule has 0 radical (unpaired) electrons. The molecule has 0 atom stereocenters. The van der Waals surface area contributed by atoms with Gasteiger partial charge in [0.25, 0.3) is 0 Å². The van der Waals surface area contributed by atoms with Gasteiger partial charge < -0.3 is 5.73 Å². The minimum Gasteiger partial charge on any atom is -0.324 e. The number of aromatic nitrogens is 2. The van der Waals surface area contributed by atoms with Gasteiger partial charge in [0.05, 0.1) is 6.54 Å². The molecular formula is C6H10ClN3. The fourth-order valence-electron chi connectivity index (χ4n) is 0.525. The number of hydrogen-bond donors (Lipinski definition) is 1. The summed E-state index contributed by atoms with van der Waals surface area (Å²) in [5.74, 6) is 0.695. The first-order valence-corrected chi connectivity index (χ1v) is 2.80. The van der Waals surface area contributed by atoms with Crippen molar-refractivity contribution in [2.45, 2.75) is 13.5 Å². The molecule has 0 bridgehead atoms. The first kappa shape index (κ1) is 9.33. The fraction of sp³-hybridized carbons (Fsp3) is 0.333. The van der Waals surface area contributed by atoms with Crippen LogP contribution in [0.4, 0.5) is 0 Å². The predicted molar refractivity (Wildman–Crippen MR) is 41.9 cm³/mol. The largest absolute Gasteiger partial charge is 0.324 e. The van der Waals surface area contributed by atoms with Crippen LogP contribution in [0.5, 0.6) is 0 Å². The van der Waals surface area contributed by atoms with Gasteiger partial charge in [-0.2, -0.15) is 0 Å². The van der Waals surface area contributed by atoms with Gasteiger partial charge in [-0.05, 0) is 12.5 Å². The van der Waals surface area contributed by atoms with E-state index in [1.807, 2.05) is 6.92 Å². The highest BCUT2D eigenvalue weighted by Crippen LogP contribution is 1.90. The van der Waals surface area contributed by atoms with Gasteiger partial charge in [-0.1, -0.05) is 0 Å². The zero-order chi connectivity index (χ0) is 6.69. The summed E-state index contributed by atoms with van der Waals surface area (Å²) in [6.07, 6.45) is 3.52. The van der Waals surface area contributed by atoms with Gasteiger partial charge in [0, 0.05) is 12.4 Å². The van der Waals surface area contributed by atoms with Crippen molar-refractivity contribution < 1.29 is 0 Å². The van der Waals surface area contributed by atoms with Crippen LogP contribution in [0.15, 0.2) is 12.4 Å². The fourth-order valence-corrected chi connectivity index (χ4v) is 0.525. The Bertz CT molecular complexity index is 185. The van der Waals surface area contributed by atoms with Crippen LogP contribution < -0.4 is 5.73 Å². The first-order valence-electron chi connectivity index (χ1n) is 2.80. The monoisotopic (exact) mass is 159 g/mol. The first-order chi connectivity index (χ1) is 4.33. The Morgan fingerprint density at radius 3 is 2.30 bits per heavy atom. The van der Waals surface area contributed by atoms with E-state index in [4.69, 9.17) is 5.73 Å². The van der Waals surface area contributed by atoms with Crippen LogP contribution in [0.25, 0.3) is 0 Å². The molecule has 0 spiro atoms. The van der Waals surface area contributed by atoms with Crippen molar-refractivity contribution in [2.75, 3.05) is 0 Å². The van der Waals surface area contributed by atoms with Crippen LogP contribution in [0, 0.1) is 6.92 Å². The lowest BCUT2D eigenvalue weighted by Gasteiger charge is -1.92. The smallest absolute Gasteiger partial charge is 0.141 e. The van der Waals surface area contributed by atoms with E-state index in [0.717, 1.165) is 5.56 Å². The maximum absolute atomic E-state index is 5.27. The van der Waals surface area contributed by atoms with Gasteiger partial charge in [0.1, 0.15) is 5.82 Å². The maximum Gasteiger partial charge on any atom is 0.141 e. The van der Waals surface area contributed by atoms with Crippen molar-refractivity contribution in [3.8, 4) is 0 Å². The highest BCUT2D eigenvalue weighted by atomic mass is 35.5. The lowest BCUT2D eigenvalue weighted by atomic mass is 10.4. The van der Waals surface area contributed by atoms with E-state index in [2.05, 4.69) is 9.97 Å². The molecule has 0 saturated heterocycles. The summed E-state index contributed by atoms with van der Waals surface area (Å²) in [5.41, 5.74) is 6.34. The van der Waals surface area contributed by atoms with Crippen LogP contribution in [-0.2, 0) is 6.54 Å². The molecule has 0 aromatic carbocycles. The second-order valence-corrected chi connectivity index (χ2v) is 1.88. The molecule has 3 nitrogen and oxygen atoms in total. The van der Waals surface area contributed by atoms with E-state index < -0.39 is 0 Å². The van der Waals surface area contributed by atoms with E-state index in [-0.39, 0.29) is 12.4 Å². The third-order valence-corrected chi connectivity index (χ3v) is 1.02. The minimum atomic E-state index is 0. The van der Waals surface area contributed by atoms with Gasteiger partial charge in [-0.15, -0.1) is 12.4 Å². The number of nitrogens with zero attached hydrogens (tertiary/aromatic N) is 2. The number of nitrogens with two attached hydrogens (primary N) is 1. The Balaban J connectivity index is 0.000000810. The topological polar surface area (TPSA) is 51.8 Å². The molecule has 0 fully saturated rings. The van der Waals surface area contributed by atoms with E-state index in [0.29, 0.717) is 12.4 Å². The molecule has 0 aliphatic carbocycles. The number of aryl methyl sites for hydroxylation is 1. The number of hydrogen-bond acceptors (Lipinski definition) is 3. The van der Waals surface area contributed by atoms with E-state index in [1.165, 1.54) is 0 Å². The predicted octanol–water partition coefficient (Wildman–Crippen LogP) is 0.666. The molecule has 4 heteroatoms. The molecule has 1 rings (SSSR count). The van der Waals surface area contributed by atoms with Gasteiger partial charge in [-0.25, -0.2) is 9.97 Å². The molecule has 10 heavy (non-hydrogen) atoms. The third kappa shape index (κ3) is 2.29. The van der Waals surface area contributed by atoms with Gasteiger partial charge >= 0.3 is 0 Å². The van der Waals surface area contributed by atoms with Crippen LogP contribution in [0.3, 0.4) is 0 Å². The second-order valence-electron chi connectivity index (χ2n) is 1.88. The number of halogens is 1. The Kier molecular flexibility index (Phi) is 3.91. The molecule has 56 valence electrons. The lowest BCUT2D eigenvalue weighted by molar-refractivity contribution is 0.901. The molecule has 0 amide bonds. The summed E-state index contributed by atoms with van der Waals surface area (Å²) in [6, 6.07) is 0. The van der Waals surface area contributed by atoms with Gasteiger partial charge in [-0.3, -0.25) is 0 Å². The van der Waals surface area contributed by atoms with Crippen molar-refractivity contribution in [1.82, 2.24) is 9.97 Å². The number of rotatable bonds is 1. The Hall–Kier alpha value is -0.670. The highest BCUT2D eigenvalue weighted by Gasteiger charge is 1.88. The average molecular weight is 160 g/mol. The molecule has 1 heterocycles. The van der Waals surface area contributed by atoms with E-state index >= 15 is 0 Å². The van der Waals surface area contributed by atoms with Gasteiger partial charge in [0.2, 0.25) is 0 Å². The Morgan fingerprint density at radius 1 is 1.40 bits per heavy atom. The van der Waals surface area contributed by atoms with Gasteiger partial charge in [0.15, 0.2) is 0 Å². The van der Waals surface area contributed by atoms with Crippen molar-refractivity contribution in [3.05, 3.63) is 23.8 Å². The quantitative estimate of drug-likeness (QED) is 0.655. The van der Waals surface area contributed by atoms with Crippen molar-refractivity contribution in [3.63, 3.8) is 0 Å². The van der Waals surface area contributed by atoms with Crippen molar-refractivity contribution in [2.24, 2.45) is 5.73 Å². The lowest BCUT2D eigenvalue weighted by Crippen LogP contribution is -2.01. The summed E-state index contributed by atoms with van der Waals surface area (Å²) >= 11 is 0. The minimum absolute atomic E-state index is 0. The summed E-state index contributed by atoms with van der Waals surface area (Å²) in [6.45, 7) is 2.36. The van der Waals surface area contributed by atoms with Crippen LogP contribution in [0.2, 0.25) is 0 Å². The van der Waals surface area contributed by atoms with Crippen molar-refractivity contribution in [1.29, 1.82) is 0 Å². The molecule has 0 aliphatic rings. The molecule has 0 aliphatic heterocycles. The highest BCUT2D eigenvalue weighted by molar-refractivity contribution is 5.85. The summed E-state index contributed by atoms with van der Waals surface area (Å²) in [7, 11) is 0. The second kappa shape index (κ2) is 4.19. The van der Waals surface area contributed by atoms with E-state index in [9.17, 15) is 0 Å². The molecule has 1 aromatic heterocycles. The molecular weight excluding hydrogens is 150 g/mol. The maximum atomic E-state index is 5.27. The van der Waals surface area contributed by atoms with Crippen molar-refractivity contribution >= 4 is 12.4 Å². The van der Waals surface area contributed by atoms with E-state index in [1.54, 1.807) is 12.4 Å². The normalized spacial score (nSPS) is 8.60. The van der Waals surface area contributed by atoms with Crippen LogP contribution >= 0.6 is 12.4 Å². The Morgan fingerprint density at radius 2 is 1.90 bits per heavy atom. The average Bonchev–Trinajstić information content (AvgIpc) is 1.90. The molecule has 2 N–H and O–H groups in total. The SMILES string of the molecule is Cc1cnc(CN)nc1.Cl. The Labute approximate surface area is 66.1 Å². The summed E-state index contributed by atoms with van der Waals surface area (Å²) in [5, 5.41) is 0. The molecule has 1 aromatic rings. The standard InChI is InChI=1S/C6H9N3.ClH/c1-5-3-8-6(2-7)9-4-5;/h3-4H,2,7H2,1H3;1H. The van der Waals surface area contributed by atoms with Crippen LogP contribution in [-0.4, -0.2) is 9.97 Å². The third-order valence-electron chi connectivity index (χ3n) is 1.02. The molecule has 0 saturated carbocycles. The zero-order valence-electron chi connectivity index (χ0n) is 5.74. The van der Waals surface area contributed by atoms with Crippen LogP contribution in [0.1, 0.15) is 11.4 Å². The molecule has 0 unspecified atom stereocenters. The summed E-state index contributed by atoms with van der Waals surface area (Å²) < 4.78 is 0.